The van der Waals surface area contributed by atoms with Crippen molar-refractivity contribution in [2.24, 2.45) is 0 Å². The first kappa shape index (κ1) is 30.0. The molecule has 5 rings (SSSR count). The number of pyridine rings is 1. The van der Waals surface area contributed by atoms with Crippen LogP contribution < -0.4 is 26.2 Å². The Bertz CT molecular complexity index is 1100. The van der Waals surface area contributed by atoms with Crippen molar-refractivity contribution < 1.29 is 14.2 Å². The second-order valence-electron chi connectivity index (χ2n) is 11.8. The van der Waals surface area contributed by atoms with Crippen LogP contribution in [0.2, 0.25) is 0 Å². The summed E-state index contributed by atoms with van der Waals surface area (Å²) in [6.07, 6.45) is 8.57. The van der Waals surface area contributed by atoms with E-state index in [4.69, 9.17) is 24.9 Å². The Morgan fingerprint density at radius 2 is 1.66 bits per heavy atom. The molecule has 9 heteroatoms. The highest BCUT2D eigenvalue weighted by atomic mass is 16.5. The highest BCUT2D eigenvalue weighted by molar-refractivity contribution is 5.58. The number of rotatable bonds is 15. The third-order valence-electron chi connectivity index (χ3n) is 8.66. The van der Waals surface area contributed by atoms with Gasteiger partial charge in [-0.05, 0) is 31.0 Å². The minimum absolute atomic E-state index is 0.0550. The molecule has 0 spiro atoms. The van der Waals surface area contributed by atoms with Gasteiger partial charge in [0.25, 0.3) is 0 Å². The zero-order chi connectivity index (χ0) is 28.5. The van der Waals surface area contributed by atoms with Gasteiger partial charge in [0.1, 0.15) is 12.3 Å². The zero-order valence-corrected chi connectivity index (χ0v) is 25.1. The maximum Gasteiger partial charge on any atom is 0.215 e. The van der Waals surface area contributed by atoms with Crippen LogP contribution in [-0.4, -0.2) is 81.3 Å². The molecule has 4 N–H and O–H groups in total. The van der Waals surface area contributed by atoms with Crippen LogP contribution in [0, 0.1) is 6.92 Å². The number of unbranched alkanes of at least 4 members (excludes halogenated alkanes) is 5. The highest BCUT2D eigenvalue weighted by Gasteiger charge is 2.51. The molecule has 0 aliphatic carbocycles. The number of nitrogen functional groups attached to an aromatic ring is 1. The Kier molecular flexibility index (Phi) is 10.7. The Labute approximate surface area is 246 Å². The summed E-state index contributed by atoms with van der Waals surface area (Å²) in [6, 6.07) is 10.7. The fourth-order valence-electron chi connectivity index (χ4n) is 6.14. The minimum atomic E-state index is -0.283. The first-order valence-corrected chi connectivity index (χ1v) is 15.8. The maximum atomic E-state index is 6.69. The molecular formula is C32H50N6O3. The van der Waals surface area contributed by atoms with E-state index in [-0.39, 0.29) is 11.6 Å². The number of aryl methyl sites for hydroxylation is 1. The molecule has 3 fully saturated rings. The molecule has 0 radical (unpaired) electrons. The summed E-state index contributed by atoms with van der Waals surface area (Å²) in [5, 5.41) is 0. The molecular weight excluding hydrogens is 516 g/mol. The minimum Gasteiger partial charge on any atom is -0.476 e. The van der Waals surface area contributed by atoms with Crippen molar-refractivity contribution in [3.63, 3.8) is 0 Å². The van der Waals surface area contributed by atoms with E-state index in [0.29, 0.717) is 12.5 Å². The molecule has 226 valence electrons. The molecule has 0 bridgehead atoms. The van der Waals surface area contributed by atoms with E-state index in [1.54, 1.807) is 0 Å². The number of hydrogen-bond donors (Lipinski definition) is 3. The lowest BCUT2D eigenvalue weighted by atomic mass is 9.81. The summed E-state index contributed by atoms with van der Waals surface area (Å²) in [6.45, 7) is 12.5. The fourth-order valence-corrected chi connectivity index (χ4v) is 6.14. The summed E-state index contributed by atoms with van der Waals surface area (Å²) < 4.78 is 17.5. The summed E-state index contributed by atoms with van der Waals surface area (Å²) in [5.41, 5.74) is 18.7. The van der Waals surface area contributed by atoms with Gasteiger partial charge in [-0.15, -0.1) is 0 Å². The Morgan fingerprint density at radius 3 is 2.39 bits per heavy atom. The van der Waals surface area contributed by atoms with Crippen molar-refractivity contribution in [3.8, 4) is 5.88 Å². The predicted molar refractivity (Wildman–Crippen MR) is 164 cm³/mol. The van der Waals surface area contributed by atoms with Crippen LogP contribution in [0.25, 0.3) is 0 Å². The van der Waals surface area contributed by atoms with Gasteiger partial charge >= 0.3 is 0 Å². The molecule has 0 saturated carbocycles. The Morgan fingerprint density at radius 1 is 0.951 bits per heavy atom. The average Bonchev–Trinajstić information content (AvgIpc) is 3.78. The SMILES string of the molecule is CCCCCCCCC1(C(c2cc(N3CCOCC3)cc(OCCN3CCOCC3)n2)c2cc(C)ccc2N)NN1. The van der Waals surface area contributed by atoms with E-state index in [2.05, 4.69) is 58.8 Å². The second-order valence-corrected chi connectivity index (χ2v) is 11.8. The van der Waals surface area contributed by atoms with Gasteiger partial charge in [0.15, 0.2) is 0 Å². The largest absolute Gasteiger partial charge is 0.476 e. The van der Waals surface area contributed by atoms with Gasteiger partial charge in [-0.3, -0.25) is 4.90 Å². The number of nitrogens with zero attached hydrogens (tertiary/aromatic N) is 3. The van der Waals surface area contributed by atoms with E-state index < -0.39 is 0 Å². The average molecular weight is 567 g/mol. The lowest BCUT2D eigenvalue weighted by molar-refractivity contribution is 0.0320. The second kappa shape index (κ2) is 14.6. The molecule has 1 unspecified atom stereocenters. The third kappa shape index (κ3) is 8.11. The van der Waals surface area contributed by atoms with Gasteiger partial charge < -0.3 is 24.8 Å². The van der Waals surface area contributed by atoms with Gasteiger partial charge in [0, 0.05) is 50.2 Å². The van der Waals surface area contributed by atoms with Crippen molar-refractivity contribution in [1.82, 2.24) is 20.7 Å². The number of morpholine rings is 2. The normalized spacial score (nSPS) is 19.7. The topological polar surface area (TPSA) is 117 Å². The van der Waals surface area contributed by atoms with Gasteiger partial charge in [0.05, 0.1) is 38.0 Å². The molecule has 41 heavy (non-hydrogen) atoms. The lowest BCUT2D eigenvalue weighted by Gasteiger charge is -2.31. The van der Waals surface area contributed by atoms with E-state index in [0.717, 1.165) is 94.6 Å². The van der Waals surface area contributed by atoms with Crippen LogP contribution >= 0.6 is 0 Å². The van der Waals surface area contributed by atoms with Crippen molar-refractivity contribution in [1.29, 1.82) is 0 Å². The lowest BCUT2D eigenvalue weighted by Crippen LogP contribution is -2.38. The van der Waals surface area contributed by atoms with Crippen molar-refractivity contribution in [2.75, 3.05) is 76.4 Å². The van der Waals surface area contributed by atoms with Crippen molar-refractivity contribution in [2.45, 2.75) is 70.4 Å². The molecule has 3 saturated heterocycles. The monoisotopic (exact) mass is 566 g/mol. The van der Waals surface area contributed by atoms with Gasteiger partial charge in [0.2, 0.25) is 5.88 Å². The Balaban J connectivity index is 1.43. The molecule has 2 aromatic rings. The molecule has 3 aliphatic heterocycles. The molecule has 3 aliphatic rings. The summed E-state index contributed by atoms with van der Waals surface area (Å²) >= 11 is 0. The molecule has 0 amide bonds. The van der Waals surface area contributed by atoms with Gasteiger partial charge in [-0.2, -0.15) is 0 Å². The molecule has 1 aromatic carbocycles. The number of anilines is 2. The molecule has 4 heterocycles. The molecule has 1 aromatic heterocycles. The van der Waals surface area contributed by atoms with Crippen LogP contribution in [0.1, 0.15) is 74.6 Å². The van der Waals surface area contributed by atoms with Crippen LogP contribution in [0.3, 0.4) is 0 Å². The molecule has 1 atom stereocenters. The number of nitrogens with two attached hydrogens (primary N) is 1. The van der Waals surface area contributed by atoms with Crippen molar-refractivity contribution in [3.05, 3.63) is 47.2 Å². The van der Waals surface area contributed by atoms with Gasteiger partial charge in [-0.1, -0.05) is 63.1 Å². The Hall–Kier alpha value is -2.43. The number of benzene rings is 1. The summed E-state index contributed by atoms with van der Waals surface area (Å²) in [4.78, 5) is 9.95. The zero-order valence-electron chi connectivity index (χ0n) is 25.1. The summed E-state index contributed by atoms with van der Waals surface area (Å²) in [7, 11) is 0. The highest BCUT2D eigenvalue weighted by Crippen LogP contribution is 2.44. The quantitative estimate of drug-likeness (QED) is 0.166. The predicted octanol–water partition coefficient (Wildman–Crippen LogP) is 4.21. The van der Waals surface area contributed by atoms with Crippen LogP contribution in [-0.2, 0) is 9.47 Å². The van der Waals surface area contributed by atoms with Gasteiger partial charge in [-0.25, -0.2) is 15.8 Å². The van der Waals surface area contributed by atoms with Crippen LogP contribution in [0.15, 0.2) is 30.3 Å². The summed E-state index contributed by atoms with van der Waals surface area (Å²) in [5.74, 6) is 0.615. The number of hydrogen-bond acceptors (Lipinski definition) is 9. The van der Waals surface area contributed by atoms with Crippen LogP contribution in [0.4, 0.5) is 11.4 Å². The first-order valence-electron chi connectivity index (χ1n) is 15.8. The van der Waals surface area contributed by atoms with Crippen molar-refractivity contribution >= 4 is 11.4 Å². The third-order valence-corrected chi connectivity index (χ3v) is 8.66. The fraction of sp³-hybridized carbons (Fsp3) is 0.656. The standard InChI is InChI=1S/C32H50N6O3/c1-3-4-5-6-7-8-11-32(35-36-32)31(27-22-25(2)9-10-28(27)33)29-23-26(38-15-19-40-20-16-38)24-30(34-29)41-21-14-37-12-17-39-18-13-37/h9-10,22-24,31,35-36H,3-8,11-21,33H2,1-2H3. The number of hydrazine groups is 1. The van der Waals surface area contributed by atoms with E-state index in [1.165, 1.54) is 37.7 Å². The number of ether oxygens (including phenoxy) is 3. The smallest absolute Gasteiger partial charge is 0.215 e. The van der Waals surface area contributed by atoms with E-state index in [1.807, 2.05) is 6.07 Å². The number of aromatic nitrogens is 1. The number of nitrogens with one attached hydrogen (secondary N) is 2. The van der Waals surface area contributed by atoms with Crippen LogP contribution in [0.5, 0.6) is 5.88 Å². The molecule has 9 nitrogen and oxygen atoms in total. The maximum absolute atomic E-state index is 6.69. The van der Waals surface area contributed by atoms with E-state index in [9.17, 15) is 0 Å². The van der Waals surface area contributed by atoms with E-state index >= 15 is 0 Å². The first-order chi connectivity index (χ1) is 20.1.